The lowest BCUT2D eigenvalue weighted by Crippen LogP contribution is -2.35. The van der Waals surface area contributed by atoms with Crippen LogP contribution in [0.5, 0.6) is 0 Å². The summed E-state index contributed by atoms with van der Waals surface area (Å²) in [5.41, 5.74) is 3.62. The predicted molar refractivity (Wildman–Crippen MR) is 75.2 cm³/mol. The number of nitriles is 1. The predicted octanol–water partition coefficient (Wildman–Crippen LogP) is 1.33. The lowest BCUT2D eigenvalue weighted by atomic mass is 9.88. The lowest BCUT2D eigenvalue weighted by Gasteiger charge is -2.32. The van der Waals surface area contributed by atoms with Gasteiger partial charge in [-0.1, -0.05) is 0 Å². The normalized spacial score (nSPS) is 16.4. The summed E-state index contributed by atoms with van der Waals surface area (Å²) in [4.78, 5) is 3.25. The molecule has 5 heteroatoms. The Morgan fingerprint density at radius 3 is 2.85 bits per heavy atom. The highest BCUT2D eigenvalue weighted by atomic mass is 16.5. The van der Waals surface area contributed by atoms with Crippen LogP contribution < -0.4 is 10.3 Å². The Balaban J connectivity index is 2.41. The molecule has 2 rings (SSSR count). The zero-order valence-corrected chi connectivity index (χ0v) is 12.3. The Bertz CT molecular complexity index is 547. The number of hydrogen-bond donors (Lipinski definition) is 2. The van der Waals surface area contributed by atoms with Gasteiger partial charge < -0.3 is 9.84 Å². The van der Waals surface area contributed by atoms with Gasteiger partial charge in [0, 0.05) is 25.0 Å². The van der Waals surface area contributed by atoms with Crippen LogP contribution in [0.4, 0.5) is 5.82 Å². The third kappa shape index (κ3) is 2.92. The van der Waals surface area contributed by atoms with Gasteiger partial charge in [-0.3, -0.25) is 5.32 Å². The van der Waals surface area contributed by atoms with Crippen LogP contribution in [0.3, 0.4) is 0 Å². The summed E-state index contributed by atoms with van der Waals surface area (Å²) in [7, 11) is 0. The molecule has 1 aromatic heterocycles. The molecule has 3 N–H and O–H groups in total. The fourth-order valence-corrected chi connectivity index (χ4v) is 2.54. The van der Waals surface area contributed by atoms with E-state index in [4.69, 9.17) is 9.84 Å². The Labute approximate surface area is 119 Å². The van der Waals surface area contributed by atoms with E-state index in [1.165, 1.54) is 0 Å². The monoisotopic (exact) mass is 276 g/mol. The Morgan fingerprint density at radius 2 is 2.20 bits per heavy atom. The first-order valence-electron chi connectivity index (χ1n) is 6.95. The molecule has 0 spiro atoms. The Morgan fingerprint density at radius 1 is 1.45 bits per heavy atom. The molecule has 0 bridgehead atoms. The maximum atomic E-state index is 9.49. The van der Waals surface area contributed by atoms with Gasteiger partial charge in [-0.15, -0.1) is 0 Å². The standard InChI is InChI=1S/C15H21N3O2/c1-10-13-9-20-15(2,3)7-11(13)12(8-16)14(18-10)17-5-4-6-19/h19H,4-7,9H2,1-3H3,(H,17,18)/p+1. The highest BCUT2D eigenvalue weighted by molar-refractivity contribution is 5.56. The molecule has 0 aromatic carbocycles. The number of rotatable bonds is 4. The van der Waals surface area contributed by atoms with Crippen LogP contribution in [-0.4, -0.2) is 23.9 Å². The number of nitrogens with one attached hydrogen (secondary N) is 2. The first-order valence-corrected chi connectivity index (χ1v) is 6.95. The number of aryl methyl sites for hydroxylation is 1. The number of ether oxygens (including phenoxy) is 1. The molecule has 0 radical (unpaired) electrons. The minimum absolute atomic E-state index is 0.139. The molecule has 0 saturated heterocycles. The molecule has 0 amide bonds. The highest BCUT2D eigenvalue weighted by Gasteiger charge is 2.32. The molecule has 1 aliphatic rings. The largest absolute Gasteiger partial charge is 0.396 e. The van der Waals surface area contributed by atoms with E-state index in [9.17, 15) is 5.26 Å². The van der Waals surface area contributed by atoms with Crippen molar-refractivity contribution in [1.82, 2.24) is 0 Å². The van der Waals surface area contributed by atoms with E-state index in [1.54, 1.807) is 0 Å². The summed E-state index contributed by atoms with van der Waals surface area (Å²) in [5.74, 6) is 0.745. The second-order valence-electron chi connectivity index (χ2n) is 5.80. The number of H-pyrrole nitrogens is 1. The number of aliphatic hydroxyl groups is 1. The minimum atomic E-state index is -0.241. The van der Waals surface area contributed by atoms with Gasteiger partial charge in [0.1, 0.15) is 17.3 Å². The zero-order valence-electron chi connectivity index (χ0n) is 12.3. The number of anilines is 1. The van der Waals surface area contributed by atoms with Crippen molar-refractivity contribution < 1.29 is 14.8 Å². The molecule has 0 aliphatic carbocycles. The summed E-state index contributed by atoms with van der Waals surface area (Å²) in [6.45, 7) is 7.40. The molecule has 1 aromatic rings. The first-order chi connectivity index (χ1) is 9.48. The SMILES string of the molecule is Cc1[nH+]c(NCCCO)c(C#N)c2c1COC(C)(C)C2. The van der Waals surface area contributed by atoms with E-state index >= 15 is 0 Å². The lowest BCUT2D eigenvalue weighted by molar-refractivity contribution is -0.373. The molecule has 1 aliphatic heterocycles. The first kappa shape index (κ1) is 14.8. The third-order valence-electron chi connectivity index (χ3n) is 3.64. The molecule has 0 saturated carbocycles. The number of pyridine rings is 1. The van der Waals surface area contributed by atoms with Gasteiger partial charge in [-0.05, 0) is 26.3 Å². The van der Waals surface area contributed by atoms with Crippen molar-refractivity contribution in [3.8, 4) is 6.07 Å². The van der Waals surface area contributed by atoms with Gasteiger partial charge in [-0.2, -0.15) is 5.26 Å². The van der Waals surface area contributed by atoms with Crippen LogP contribution >= 0.6 is 0 Å². The van der Waals surface area contributed by atoms with Crippen LogP contribution in [-0.2, 0) is 17.8 Å². The summed E-state index contributed by atoms with van der Waals surface area (Å²) in [5, 5.41) is 21.6. The van der Waals surface area contributed by atoms with Crippen LogP contribution in [0, 0.1) is 18.3 Å². The van der Waals surface area contributed by atoms with Crippen molar-refractivity contribution in [3.05, 3.63) is 22.4 Å². The number of nitrogens with zero attached hydrogens (tertiary/aromatic N) is 1. The number of aromatic nitrogens is 1. The summed E-state index contributed by atoms with van der Waals surface area (Å²) < 4.78 is 5.83. The summed E-state index contributed by atoms with van der Waals surface area (Å²) in [6.07, 6.45) is 1.39. The molecule has 2 heterocycles. The van der Waals surface area contributed by atoms with E-state index in [1.807, 2.05) is 20.8 Å². The van der Waals surface area contributed by atoms with Gasteiger partial charge >= 0.3 is 0 Å². The highest BCUT2D eigenvalue weighted by Crippen LogP contribution is 2.32. The van der Waals surface area contributed by atoms with Crippen LogP contribution in [0.2, 0.25) is 0 Å². The number of hydrogen-bond acceptors (Lipinski definition) is 4. The van der Waals surface area contributed by atoms with Crippen LogP contribution in [0.25, 0.3) is 0 Å². The molecular weight excluding hydrogens is 254 g/mol. The molecule has 20 heavy (non-hydrogen) atoms. The quantitative estimate of drug-likeness (QED) is 0.813. The molecule has 108 valence electrons. The topological polar surface area (TPSA) is 79.4 Å². The third-order valence-corrected chi connectivity index (χ3v) is 3.64. The summed E-state index contributed by atoms with van der Waals surface area (Å²) >= 11 is 0. The average Bonchev–Trinajstić information content (AvgIpc) is 2.38. The molecule has 0 atom stereocenters. The maximum Gasteiger partial charge on any atom is 0.290 e. The fraction of sp³-hybridized carbons (Fsp3) is 0.600. The van der Waals surface area contributed by atoms with E-state index in [0.717, 1.165) is 29.1 Å². The van der Waals surface area contributed by atoms with Gasteiger partial charge in [0.15, 0.2) is 0 Å². The fourth-order valence-electron chi connectivity index (χ4n) is 2.54. The molecule has 5 nitrogen and oxygen atoms in total. The second kappa shape index (κ2) is 5.78. The van der Waals surface area contributed by atoms with Gasteiger partial charge in [0.2, 0.25) is 0 Å². The second-order valence-corrected chi connectivity index (χ2v) is 5.80. The van der Waals surface area contributed by atoms with E-state index in [2.05, 4.69) is 16.4 Å². The Kier molecular flexibility index (Phi) is 4.26. The molecular formula is C15H22N3O2+. The smallest absolute Gasteiger partial charge is 0.290 e. The van der Waals surface area contributed by atoms with Crippen LogP contribution in [0.15, 0.2) is 0 Å². The Hall–Kier alpha value is -1.64. The van der Waals surface area contributed by atoms with E-state index in [-0.39, 0.29) is 12.2 Å². The molecule has 0 unspecified atom stereocenters. The van der Waals surface area contributed by atoms with Gasteiger partial charge in [-0.25, -0.2) is 4.98 Å². The molecule has 0 fully saturated rings. The number of fused-ring (bicyclic) bond motifs is 1. The van der Waals surface area contributed by atoms with Gasteiger partial charge in [0.25, 0.3) is 5.82 Å². The zero-order chi connectivity index (χ0) is 14.8. The van der Waals surface area contributed by atoms with Crippen molar-refractivity contribution in [2.45, 2.75) is 45.8 Å². The number of aromatic amines is 1. The van der Waals surface area contributed by atoms with E-state index in [0.29, 0.717) is 25.1 Å². The maximum absolute atomic E-state index is 9.49. The van der Waals surface area contributed by atoms with Gasteiger partial charge in [0.05, 0.1) is 18.8 Å². The number of aliphatic hydroxyl groups excluding tert-OH is 1. The van der Waals surface area contributed by atoms with E-state index < -0.39 is 0 Å². The van der Waals surface area contributed by atoms with Crippen molar-refractivity contribution in [2.75, 3.05) is 18.5 Å². The summed E-state index contributed by atoms with van der Waals surface area (Å²) in [6, 6.07) is 2.30. The van der Waals surface area contributed by atoms with Crippen LogP contribution in [0.1, 0.15) is 42.7 Å². The average molecular weight is 276 g/mol. The van der Waals surface area contributed by atoms with Crippen molar-refractivity contribution >= 4 is 5.82 Å². The van der Waals surface area contributed by atoms with Crippen molar-refractivity contribution in [1.29, 1.82) is 5.26 Å². The van der Waals surface area contributed by atoms with Crippen molar-refractivity contribution in [3.63, 3.8) is 0 Å². The minimum Gasteiger partial charge on any atom is -0.396 e. The van der Waals surface area contributed by atoms with Crippen molar-refractivity contribution in [2.24, 2.45) is 0 Å².